The van der Waals surface area contributed by atoms with Crippen LogP contribution in [0.4, 0.5) is 11.4 Å². The fraction of sp³-hybridized carbons (Fsp3) is 0.143. The molecule has 1 amide bonds. The zero-order chi connectivity index (χ0) is 18.5. The molecule has 2 aromatic carbocycles. The number of aromatic nitrogens is 1. The molecular weight excluding hydrogens is 346 g/mol. The number of nitrogens with one attached hydrogen (secondary N) is 1. The normalized spacial score (nSPS) is 10.4. The van der Waals surface area contributed by atoms with Crippen molar-refractivity contribution < 1.29 is 4.79 Å². The quantitative estimate of drug-likeness (QED) is 0.697. The molecule has 3 aromatic rings. The lowest BCUT2D eigenvalue weighted by molar-refractivity contribution is 0.102. The van der Waals surface area contributed by atoms with Crippen LogP contribution in [0.25, 0.3) is 0 Å². The van der Waals surface area contributed by atoms with Gasteiger partial charge in [0, 0.05) is 36.2 Å². The molecule has 4 nitrogen and oxygen atoms in total. The van der Waals surface area contributed by atoms with Gasteiger partial charge in [-0.05, 0) is 42.3 Å². The van der Waals surface area contributed by atoms with Gasteiger partial charge in [-0.1, -0.05) is 48.0 Å². The number of hydrogen-bond donors (Lipinski definition) is 1. The van der Waals surface area contributed by atoms with E-state index in [0.29, 0.717) is 16.4 Å². The minimum absolute atomic E-state index is 0.259. The van der Waals surface area contributed by atoms with Gasteiger partial charge in [-0.25, -0.2) is 0 Å². The van der Waals surface area contributed by atoms with Crippen LogP contribution in [0.3, 0.4) is 0 Å². The van der Waals surface area contributed by atoms with Gasteiger partial charge in [-0.15, -0.1) is 0 Å². The number of anilines is 2. The predicted molar refractivity (Wildman–Crippen MR) is 107 cm³/mol. The third-order valence-electron chi connectivity index (χ3n) is 4.13. The maximum Gasteiger partial charge on any atom is 0.274 e. The number of carbonyl (C=O) groups excluding carboxylic acids is 1. The minimum Gasteiger partial charge on any atom is -0.370 e. The monoisotopic (exact) mass is 365 g/mol. The van der Waals surface area contributed by atoms with E-state index < -0.39 is 0 Å². The Bertz CT molecular complexity index is 912. The van der Waals surface area contributed by atoms with Crippen LogP contribution >= 0.6 is 11.6 Å². The van der Waals surface area contributed by atoms with E-state index in [1.165, 1.54) is 5.56 Å². The summed E-state index contributed by atoms with van der Waals surface area (Å²) in [5.74, 6) is -0.259. The lowest BCUT2D eigenvalue weighted by Gasteiger charge is -2.20. The van der Waals surface area contributed by atoms with E-state index >= 15 is 0 Å². The molecule has 132 valence electrons. The van der Waals surface area contributed by atoms with Crippen LogP contribution in [0.15, 0.2) is 66.9 Å². The maximum atomic E-state index is 12.6. The van der Waals surface area contributed by atoms with E-state index in [4.69, 9.17) is 11.6 Å². The Morgan fingerprint density at radius 3 is 2.65 bits per heavy atom. The third-order valence-corrected chi connectivity index (χ3v) is 4.36. The van der Waals surface area contributed by atoms with E-state index in [2.05, 4.69) is 27.3 Å². The summed E-state index contributed by atoms with van der Waals surface area (Å²) in [6.07, 6.45) is 1.65. The Kier molecular flexibility index (Phi) is 5.54. The van der Waals surface area contributed by atoms with Crippen molar-refractivity contribution in [3.05, 3.63) is 88.7 Å². The number of amides is 1. The number of halogens is 1. The van der Waals surface area contributed by atoms with Gasteiger partial charge in [0.05, 0.1) is 0 Å². The molecule has 1 aromatic heterocycles. The highest BCUT2D eigenvalue weighted by Gasteiger charge is 2.12. The zero-order valence-electron chi connectivity index (χ0n) is 14.7. The van der Waals surface area contributed by atoms with Crippen molar-refractivity contribution in [2.45, 2.75) is 13.5 Å². The third kappa shape index (κ3) is 4.41. The predicted octanol–water partition coefficient (Wildman–Crippen LogP) is 4.93. The number of pyridine rings is 1. The molecule has 0 bridgehead atoms. The molecule has 0 aliphatic carbocycles. The van der Waals surface area contributed by atoms with Gasteiger partial charge in [0.15, 0.2) is 0 Å². The standard InChI is InChI=1S/C21H20ClN3O/c1-15-8-9-17(22)12-19(15)24-21(26)20-13-18(10-11-23-20)25(2)14-16-6-4-3-5-7-16/h3-13H,14H2,1-2H3,(H,24,26). The lowest BCUT2D eigenvalue weighted by Crippen LogP contribution is -2.19. The van der Waals surface area contributed by atoms with Crippen molar-refractivity contribution in [1.82, 2.24) is 4.98 Å². The highest BCUT2D eigenvalue weighted by Crippen LogP contribution is 2.21. The average Bonchev–Trinajstić information content (AvgIpc) is 2.65. The van der Waals surface area contributed by atoms with Crippen LogP contribution in [0.1, 0.15) is 21.6 Å². The molecule has 0 aliphatic rings. The van der Waals surface area contributed by atoms with E-state index in [0.717, 1.165) is 17.8 Å². The van der Waals surface area contributed by atoms with Gasteiger partial charge in [-0.2, -0.15) is 0 Å². The molecular formula is C21H20ClN3O. The second-order valence-electron chi connectivity index (χ2n) is 6.15. The molecule has 0 radical (unpaired) electrons. The summed E-state index contributed by atoms with van der Waals surface area (Å²) in [7, 11) is 1.99. The molecule has 0 fully saturated rings. The van der Waals surface area contributed by atoms with Crippen molar-refractivity contribution in [2.75, 3.05) is 17.3 Å². The van der Waals surface area contributed by atoms with Gasteiger partial charge in [-0.3, -0.25) is 9.78 Å². The Hall–Kier alpha value is -2.85. The van der Waals surface area contributed by atoms with Crippen molar-refractivity contribution >= 4 is 28.9 Å². The lowest BCUT2D eigenvalue weighted by atomic mass is 10.2. The highest BCUT2D eigenvalue weighted by atomic mass is 35.5. The van der Waals surface area contributed by atoms with Crippen LogP contribution in [-0.4, -0.2) is 17.9 Å². The number of hydrogen-bond acceptors (Lipinski definition) is 3. The molecule has 0 saturated carbocycles. The largest absolute Gasteiger partial charge is 0.370 e. The molecule has 0 unspecified atom stereocenters. The summed E-state index contributed by atoms with van der Waals surface area (Å²) in [4.78, 5) is 18.9. The molecule has 0 saturated heterocycles. The summed E-state index contributed by atoms with van der Waals surface area (Å²) >= 11 is 6.02. The smallest absolute Gasteiger partial charge is 0.274 e. The minimum atomic E-state index is -0.259. The van der Waals surface area contributed by atoms with Crippen LogP contribution in [-0.2, 0) is 6.54 Å². The first-order valence-corrected chi connectivity index (χ1v) is 8.69. The van der Waals surface area contributed by atoms with Crippen molar-refractivity contribution in [3.8, 4) is 0 Å². The summed E-state index contributed by atoms with van der Waals surface area (Å²) in [6, 6.07) is 19.3. The molecule has 1 N–H and O–H groups in total. The maximum absolute atomic E-state index is 12.6. The van der Waals surface area contributed by atoms with Gasteiger partial charge in [0.1, 0.15) is 5.69 Å². The first kappa shape index (κ1) is 18.0. The highest BCUT2D eigenvalue weighted by molar-refractivity contribution is 6.31. The molecule has 0 atom stereocenters. The van der Waals surface area contributed by atoms with Gasteiger partial charge < -0.3 is 10.2 Å². The van der Waals surface area contributed by atoms with Crippen LogP contribution in [0.5, 0.6) is 0 Å². The second kappa shape index (κ2) is 8.02. The summed E-state index contributed by atoms with van der Waals surface area (Å²) in [5.41, 5.74) is 4.12. The van der Waals surface area contributed by atoms with Gasteiger partial charge >= 0.3 is 0 Å². The number of carbonyl (C=O) groups is 1. The van der Waals surface area contributed by atoms with E-state index in [1.54, 1.807) is 24.4 Å². The molecule has 1 heterocycles. The summed E-state index contributed by atoms with van der Waals surface area (Å²) in [6.45, 7) is 2.67. The van der Waals surface area contributed by atoms with Crippen LogP contribution in [0.2, 0.25) is 5.02 Å². The van der Waals surface area contributed by atoms with E-state index in [9.17, 15) is 4.79 Å². The fourth-order valence-corrected chi connectivity index (χ4v) is 2.82. The average molecular weight is 366 g/mol. The summed E-state index contributed by atoms with van der Waals surface area (Å²) in [5, 5.41) is 3.46. The summed E-state index contributed by atoms with van der Waals surface area (Å²) < 4.78 is 0. The zero-order valence-corrected chi connectivity index (χ0v) is 15.5. The van der Waals surface area contributed by atoms with Gasteiger partial charge in [0.25, 0.3) is 5.91 Å². The Morgan fingerprint density at radius 1 is 1.12 bits per heavy atom. The van der Waals surface area contributed by atoms with E-state index in [-0.39, 0.29) is 5.91 Å². The van der Waals surface area contributed by atoms with Crippen LogP contribution in [0, 0.1) is 6.92 Å². The Labute approximate surface area is 158 Å². The Balaban J connectivity index is 1.76. The number of aryl methyl sites for hydroxylation is 1. The molecule has 0 aliphatic heterocycles. The first-order chi connectivity index (χ1) is 12.5. The number of nitrogens with zero attached hydrogens (tertiary/aromatic N) is 2. The Morgan fingerprint density at radius 2 is 1.88 bits per heavy atom. The number of benzene rings is 2. The first-order valence-electron chi connectivity index (χ1n) is 8.31. The van der Waals surface area contributed by atoms with Gasteiger partial charge in [0.2, 0.25) is 0 Å². The number of rotatable bonds is 5. The SMILES string of the molecule is Cc1ccc(Cl)cc1NC(=O)c1cc(N(C)Cc2ccccc2)ccn1. The van der Waals surface area contributed by atoms with Crippen molar-refractivity contribution in [1.29, 1.82) is 0 Å². The van der Waals surface area contributed by atoms with Crippen LogP contribution < -0.4 is 10.2 Å². The van der Waals surface area contributed by atoms with Crippen molar-refractivity contribution in [2.24, 2.45) is 0 Å². The molecule has 5 heteroatoms. The molecule has 0 spiro atoms. The topological polar surface area (TPSA) is 45.2 Å². The molecule has 3 rings (SSSR count). The van der Waals surface area contributed by atoms with E-state index in [1.807, 2.05) is 44.3 Å². The fourth-order valence-electron chi connectivity index (χ4n) is 2.64. The second-order valence-corrected chi connectivity index (χ2v) is 6.59. The van der Waals surface area contributed by atoms with Crippen molar-refractivity contribution in [3.63, 3.8) is 0 Å². The molecule has 26 heavy (non-hydrogen) atoms.